The normalized spacial score (nSPS) is 28.9. The maximum Gasteiger partial charge on any atom is 0.315 e. The lowest BCUT2D eigenvalue weighted by Crippen LogP contribution is -2.48. The molecule has 102 valence electrons. The van der Waals surface area contributed by atoms with Crippen LogP contribution in [-0.2, 0) is 4.79 Å². The fraction of sp³-hybridized carbons (Fsp3) is 0.846. The number of urea groups is 1. The molecule has 0 heterocycles. The third-order valence-corrected chi connectivity index (χ3v) is 4.09. The SMILES string of the molecule is O=C(NC1CCCCC1)NC1CCCC1C(=O)O. The van der Waals surface area contributed by atoms with Gasteiger partial charge in [0.2, 0.25) is 0 Å². The number of aliphatic carboxylic acids is 1. The Bertz CT molecular complexity index is 313. The van der Waals surface area contributed by atoms with E-state index < -0.39 is 11.9 Å². The van der Waals surface area contributed by atoms with Crippen molar-refractivity contribution in [1.82, 2.24) is 10.6 Å². The highest BCUT2D eigenvalue weighted by molar-refractivity contribution is 5.77. The summed E-state index contributed by atoms with van der Waals surface area (Å²) >= 11 is 0. The minimum absolute atomic E-state index is 0.194. The van der Waals surface area contributed by atoms with Gasteiger partial charge in [0.1, 0.15) is 0 Å². The number of hydrogen-bond donors (Lipinski definition) is 3. The number of nitrogens with one attached hydrogen (secondary N) is 2. The minimum Gasteiger partial charge on any atom is -0.481 e. The van der Waals surface area contributed by atoms with Gasteiger partial charge in [0, 0.05) is 12.1 Å². The summed E-state index contributed by atoms with van der Waals surface area (Å²) in [6, 6.07) is -0.130. The number of carboxylic acid groups (broad SMARTS) is 1. The van der Waals surface area contributed by atoms with Crippen LogP contribution in [0.1, 0.15) is 51.4 Å². The van der Waals surface area contributed by atoms with Crippen LogP contribution in [0.3, 0.4) is 0 Å². The summed E-state index contributed by atoms with van der Waals surface area (Å²) in [5.41, 5.74) is 0. The molecule has 0 saturated heterocycles. The molecule has 3 N–H and O–H groups in total. The molecule has 2 fully saturated rings. The monoisotopic (exact) mass is 254 g/mol. The number of rotatable bonds is 3. The lowest BCUT2D eigenvalue weighted by atomic mass is 9.96. The maximum atomic E-state index is 11.8. The van der Waals surface area contributed by atoms with Gasteiger partial charge in [0.15, 0.2) is 0 Å². The number of carbonyl (C=O) groups is 2. The first-order chi connectivity index (χ1) is 8.66. The molecule has 0 aromatic heterocycles. The highest BCUT2D eigenvalue weighted by atomic mass is 16.4. The predicted molar refractivity (Wildman–Crippen MR) is 67.3 cm³/mol. The summed E-state index contributed by atoms with van der Waals surface area (Å²) in [5, 5.41) is 14.8. The van der Waals surface area contributed by atoms with E-state index in [4.69, 9.17) is 5.11 Å². The summed E-state index contributed by atoms with van der Waals surface area (Å²) in [4.78, 5) is 22.8. The number of carboxylic acids is 1. The lowest BCUT2D eigenvalue weighted by Gasteiger charge is -2.25. The van der Waals surface area contributed by atoms with Gasteiger partial charge in [-0.3, -0.25) is 4.79 Å². The quantitative estimate of drug-likeness (QED) is 0.719. The molecule has 2 aliphatic carbocycles. The van der Waals surface area contributed by atoms with Crippen LogP contribution >= 0.6 is 0 Å². The molecule has 0 aromatic carbocycles. The second kappa shape index (κ2) is 6.07. The van der Waals surface area contributed by atoms with Gasteiger partial charge in [-0.15, -0.1) is 0 Å². The molecule has 18 heavy (non-hydrogen) atoms. The van der Waals surface area contributed by atoms with Crippen LogP contribution in [0.5, 0.6) is 0 Å². The Kier molecular flexibility index (Phi) is 4.44. The van der Waals surface area contributed by atoms with E-state index in [-0.39, 0.29) is 18.1 Å². The van der Waals surface area contributed by atoms with Crippen molar-refractivity contribution in [3.05, 3.63) is 0 Å². The zero-order valence-electron chi connectivity index (χ0n) is 10.7. The molecule has 2 aliphatic rings. The van der Waals surface area contributed by atoms with Crippen LogP contribution in [-0.4, -0.2) is 29.2 Å². The van der Waals surface area contributed by atoms with E-state index in [1.165, 1.54) is 19.3 Å². The fourth-order valence-electron chi connectivity index (χ4n) is 3.07. The summed E-state index contributed by atoms with van der Waals surface area (Å²) in [6.45, 7) is 0. The van der Waals surface area contributed by atoms with Crippen molar-refractivity contribution in [2.45, 2.75) is 63.5 Å². The van der Waals surface area contributed by atoms with Crippen LogP contribution in [0, 0.1) is 5.92 Å². The van der Waals surface area contributed by atoms with Crippen molar-refractivity contribution in [1.29, 1.82) is 0 Å². The first kappa shape index (κ1) is 13.2. The average molecular weight is 254 g/mol. The van der Waals surface area contributed by atoms with Gasteiger partial charge in [-0.25, -0.2) is 4.79 Å². The summed E-state index contributed by atoms with van der Waals surface area (Å²) in [6.07, 6.45) is 8.01. The van der Waals surface area contributed by atoms with E-state index in [2.05, 4.69) is 10.6 Å². The van der Waals surface area contributed by atoms with Gasteiger partial charge in [0.05, 0.1) is 5.92 Å². The Balaban J connectivity index is 1.77. The Morgan fingerprint density at radius 2 is 1.61 bits per heavy atom. The van der Waals surface area contributed by atoms with Crippen LogP contribution in [0.4, 0.5) is 4.79 Å². The molecule has 2 amide bonds. The molecule has 5 nitrogen and oxygen atoms in total. The van der Waals surface area contributed by atoms with Gasteiger partial charge < -0.3 is 15.7 Å². The van der Waals surface area contributed by atoms with Crippen molar-refractivity contribution in [2.24, 2.45) is 5.92 Å². The highest BCUT2D eigenvalue weighted by Gasteiger charge is 2.34. The number of amides is 2. The second-order valence-electron chi connectivity index (χ2n) is 5.43. The molecule has 0 bridgehead atoms. The van der Waals surface area contributed by atoms with Crippen LogP contribution in [0.15, 0.2) is 0 Å². The molecule has 0 aromatic rings. The highest BCUT2D eigenvalue weighted by Crippen LogP contribution is 2.25. The average Bonchev–Trinajstić information content (AvgIpc) is 2.78. The lowest BCUT2D eigenvalue weighted by molar-refractivity contribution is -0.142. The first-order valence-corrected chi connectivity index (χ1v) is 6.96. The van der Waals surface area contributed by atoms with Crippen LogP contribution < -0.4 is 10.6 Å². The zero-order valence-corrected chi connectivity index (χ0v) is 10.7. The van der Waals surface area contributed by atoms with Crippen LogP contribution in [0.25, 0.3) is 0 Å². The van der Waals surface area contributed by atoms with Crippen molar-refractivity contribution in [2.75, 3.05) is 0 Å². The third-order valence-electron chi connectivity index (χ3n) is 4.09. The minimum atomic E-state index is -0.796. The van der Waals surface area contributed by atoms with E-state index in [9.17, 15) is 9.59 Å². The van der Waals surface area contributed by atoms with E-state index >= 15 is 0 Å². The van der Waals surface area contributed by atoms with Crippen molar-refractivity contribution in [3.8, 4) is 0 Å². The van der Waals surface area contributed by atoms with E-state index in [0.717, 1.165) is 25.7 Å². The molecule has 5 heteroatoms. The molecule has 2 saturated carbocycles. The molecule has 0 spiro atoms. The smallest absolute Gasteiger partial charge is 0.315 e. The summed E-state index contributed by atoms with van der Waals surface area (Å²) < 4.78 is 0. The van der Waals surface area contributed by atoms with Crippen molar-refractivity contribution in [3.63, 3.8) is 0 Å². The second-order valence-corrected chi connectivity index (χ2v) is 5.43. The largest absolute Gasteiger partial charge is 0.481 e. The topological polar surface area (TPSA) is 78.4 Å². The van der Waals surface area contributed by atoms with E-state index in [1.807, 2.05) is 0 Å². The Morgan fingerprint density at radius 1 is 0.889 bits per heavy atom. The number of hydrogen-bond acceptors (Lipinski definition) is 2. The summed E-state index contributed by atoms with van der Waals surface area (Å²) in [5.74, 6) is -1.21. The molecule has 2 rings (SSSR count). The molecule has 0 radical (unpaired) electrons. The van der Waals surface area contributed by atoms with Crippen molar-refractivity contribution >= 4 is 12.0 Å². The Hall–Kier alpha value is -1.26. The van der Waals surface area contributed by atoms with E-state index in [1.54, 1.807) is 0 Å². The van der Waals surface area contributed by atoms with Gasteiger partial charge >= 0.3 is 12.0 Å². The Labute approximate surface area is 107 Å². The van der Waals surface area contributed by atoms with Gasteiger partial charge in [0.25, 0.3) is 0 Å². The molecule has 2 unspecified atom stereocenters. The molecular weight excluding hydrogens is 232 g/mol. The Morgan fingerprint density at radius 3 is 2.28 bits per heavy atom. The first-order valence-electron chi connectivity index (χ1n) is 6.96. The molecular formula is C13H22N2O3. The maximum absolute atomic E-state index is 11.8. The van der Waals surface area contributed by atoms with Gasteiger partial charge in [-0.05, 0) is 25.7 Å². The van der Waals surface area contributed by atoms with Crippen molar-refractivity contribution < 1.29 is 14.7 Å². The molecule has 0 aliphatic heterocycles. The van der Waals surface area contributed by atoms with Gasteiger partial charge in [-0.2, -0.15) is 0 Å². The standard InChI is InChI=1S/C13H22N2O3/c16-12(17)10-7-4-8-11(10)15-13(18)14-9-5-2-1-3-6-9/h9-11H,1-8H2,(H,16,17)(H2,14,15,18). The van der Waals surface area contributed by atoms with Gasteiger partial charge in [-0.1, -0.05) is 25.7 Å². The zero-order chi connectivity index (χ0) is 13.0. The molecule has 2 atom stereocenters. The third kappa shape index (κ3) is 3.37. The summed E-state index contributed by atoms with van der Waals surface area (Å²) in [7, 11) is 0. The van der Waals surface area contributed by atoms with Crippen LogP contribution in [0.2, 0.25) is 0 Å². The predicted octanol–water partition coefficient (Wildman–Crippen LogP) is 1.87. The fourth-order valence-corrected chi connectivity index (χ4v) is 3.07. The van der Waals surface area contributed by atoms with E-state index in [0.29, 0.717) is 6.42 Å². The number of carbonyl (C=O) groups excluding carboxylic acids is 1.